The van der Waals surface area contributed by atoms with Gasteiger partial charge in [-0.2, -0.15) is 0 Å². The summed E-state index contributed by atoms with van der Waals surface area (Å²) in [6, 6.07) is 7.24. The molecule has 0 bridgehead atoms. The number of hydrogen-bond donors (Lipinski definition) is 2. The number of carboxylic acids is 1. The highest BCUT2D eigenvalue weighted by atomic mass is 16.4. The van der Waals surface area contributed by atoms with Crippen LogP contribution >= 0.6 is 0 Å². The van der Waals surface area contributed by atoms with Gasteiger partial charge in [0.1, 0.15) is 0 Å². The summed E-state index contributed by atoms with van der Waals surface area (Å²) >= 11 is 0. The molecule has 4 heteroatoms. The van der Waals surface area contributed by atoms with Crippen molar-refractivity contribution in [2.75, 3.05) is 5.32 Å². The van der Waals surface area contributed by atoms with Crippen LogP contribution in [0.4, 0.5) is 5.69 Å². The average Bonchev–Trinajstić information content (AvgIpc) is 2.15. The second kappa shape index (κ2) is 4.99. The average molecular weight is 235 g/mol. The molecular weight excluding hydrogens is 218 g/mol. The molecule has 0 heterocycles. The summed E-state index contributed by atoms with van der Waals surface area (Å²) in [6.45, 7) is 4.80. The smallest absolute Gasteiger partial charge is 0.309 e. The lowest BCUT2D eigenvalue weighted by atomic mass is 9.86. The zero-order valence-electron chi connectivity index (χ0n) is 10.3. The largest absolute Gasteiger partial charge is 0.481 e. The number of aliphatic carboxylic acids is 1. The van der Waals surface area contributed by atoms with Crippen LogP contribution in [0.5, 0.6) is 0 Å². The topological polar surface area (TPSA) is 66.4 Å². The third-order valence-electron chi connectivity index (χ3n) is 2.47. The monoisotopic (exact) mass is 235 g/mol. The Morgan fingerprint density at radius 3 is 2.53 bits per heavy atom. The van der Waals surface area contributed by atoms with Gasteiger partial charge < -0.3 is 10.4 Å². The van der Waals surface area contributed by atoms with E-state index in [-0.39, 0.29) is 5.91 Å². The fourth-order valence-corrected chi connectivity index (χ4v) is 1.55. The SMILES string of the molecule is CC(=O)Nc1cccc(CC(C)(C)C(=O)O)c1. The van der Waals surface area contributed by atoms with Gasteiger partial charge in [0.05, 0.1) is 5.41 Å². The number of carbonyl (C=O) groups excluding carboxylic acids is 1. The highest BCUT2D eigenvalue weighted by Gasteiger charge is 2.27. The maximum atomic E-state index is 11.0. The van der Waals surface area contributed by atoms with Crippen LogP contribution < -0.4 is 5.32 Å². The molecule has 0 saturated carbocycles. The molecule has 0 aromatic heterocycles. The molecular formula is C13H17NO3. The van der Waals surface area contributed by atoms with Crippen molar-refractivity contribution in [2.45, 2.75) is 27.2 Å². The zero-order valence-corrected chi connectivity index (χ0v) is 10.3. The molecule has 0 aliphatic rings. The van der Waals surface area contributed by atoms with Crippen LogP contribution in [0.15, 0.2) is 24.3 Å². The Hall–Kier alpha value is -1.84. The second-order valence-electron chi connectivity index (χ2n) is 4.75. The summed E-state index contributed by atoms with van der Waals surface area (Å²) in [5, 5.41) is 11.7. The van der Waals surface area contributed by atoms with Gasteiger partial charge in [-0.15, -0.1) is 0 Å². The van der Waals surface area contributed by atoms with Gasteiger partial charge in [-0.3, -0.25) is 9.59 Å². The molecule has 0 aliphatic carbocycles. The van der Waals surface area contributed by atoms with Gasteiger partial charge in [-0.1, -0.05) is 12.1 Å². The third kappa shape index (κ3) is 3.90. The van der Waals surface area contributed by atoms with Crippen LogP contribution in [0, 0.1) is 5.41 Å². The van der Waals surface area contributed by atoms with Crippen molar-refractivity contribution in [3.63, 3.8) is 0 Å². The van der Waals surface area contributed by atoms with E-state index >= 15 is 0 Å². The Morgan fingerprint density at radius 1 is 1.35 bits per heavy atom. The maximum Gasteiger partial charge on any atom is 0.309 e. The van der Waals surface area contributed by atoms with Crippen LogP contribution in [-0.2, 0) is 16.0 Å². The summed E-state index contributed by atoms with van der Waals surface area (Å²) in [4.78, 5) is 21.9. The first-order valence-electron chi connectivity index (χ1n) is 5.41. The summed E-state index contributed by atoms with van der Waals surface area (Å²) in [7, 11) is 0. The number of amides is 1. The number of carbonyl (C=O) groups is 2. The summed E-state index contributed by atoms with van der Waals surface area (Å²) in [6.07, 6.45) is 0.426. The first-order valence-corrected chi connectivity index (χ1v) is 5.41. The predicted molar refractivity (Wildman–Crippen MR) is 65.9 cm³/mol. The van der Waals surface area contributed by atoms with Gasteiger partial charge >= 0.3 is 5.97 Å². The Bertz CT molecular complexity index is 438. The Morgan fingerprint density at radius 2 is 2.00 bits per heavy atom. The minimum absolute atomic E-state index is 0.139. The quantitative estimate of drug-likeness (QED) is 0.841. The van der Waals surface area contributed by atoms with Crippen molar-refractivity contribution >= 4 is 17.6 Å². The van der Waals surface area contributed by atoms with Crippen molar-refractivity contribution in [2.24, 2.45) is 5.41 Å². The van der Waals surface area contributed by atoms with E-state index in [0.717, 1.165) is 5.56 Å². The minimum atomic E-state index is -0.831. The van der Waals surface area contributed by atoms with Gasteiger partial charge in [0.25, 0.3) is 0 Å². The number of carboxylic acid groups (broad SMARTS) is 1. The molecule has 1 aromatic rings. The van der Waals surface area contributed by atoms with E-state index in [1.54, 1.807) is 32.0 Å². The highest BCUT2D eigenvalue weighted by Crippen LogP contribution is 2.23. The number of rotatable bonds is 4. The van der Waals surface area contributed by atoms with E-state index in [0.29, 0.717) is 12.1 Å². The van der Waals surface area contributed by atoms with Gasteiger partial charge in [0, 0.05) is 12.6 Å². The fraction of sp³-hybridized carbons (Fsp3) is 0.385. The van der Waals surface area contributed by atoms with Crippen LogP contribution in [0.1, 0.15) is 26.3 Å². The van der Waals surface area contributed by atoms with Crippen LogP contribution in [0.2, 0.25) is 0 Å². The first kappa shape index (κ1) is 13.2. The lowest BCUT2D eigenvalue weighted by molar-refractivity contribution is -0.146. The summed E-state index contributed by atoms with van der Waals surface area (Å²) < 4.78 is 0. The van der Waals surface area contributed by atoms with Crippen LogP contribution in [-0.4, -0.2) is 17.0 Å². The molecule has 2 N–H and O–H groups in total. The van der Waals surface area contributed by atoms with Crippen molar-refractivity contribution in [1.29, 1.82) is 0 Å². The van der Waals surface area contributed by atoms with E-state index in [9.17, 15) is 9.59 Å². The van der Waals surface area contributed by atoms with E-state index in [4.69, 9.17) is 5.11 Å². The van der Waals surface area contributed by atoms with Crippen molar-refractivity contribution in [3.8, 4) is 0 Å². The number of benzene rings is 1. The normalized spacial score (nSPS) is 11.0. The van der Waals surface area contributed by atoms with Crippen molar-refractivity contribution < 1.29 is 14.7 Å². The molecule has 0 spiro atoms. The molecule has 0 aliphatic heterocycles. The predicted octanol–water partition coefficient (Wildman–Crippen LogP) is 2.30. The standard InChI is InChI=1S/C13H17NO3/c1-9(15)14-11-6-4-5-10(7-11)8-13(2,3)12(16)17/h4-7H,8H2,1-3H3,(H,14,15)(H,16,17). The van der Waals surface area contributed by atoms with E-state index in [2.05, 4.69) is 5.32 Å². The lowest BCUT2D eigenvalue weighted by Gasteiger charge is -2.19. The third-order valence-corrected chi connectivity index (χ3v) is 2.47. The molecule has 0 atom stereocenters. The number of nitrogens with one attached hydrogen (secondary N) is 1. The Balaban J connectivity index is 2.85. The maximum absolute atomic E-state index is 11.0. The van der Waals surface area contributed by atoms with Gasteiger partial charge in [-0.05, 0) is 38.0 Å². The molecule has 4 nitrogen and oxygen atoms in total. The van der Waals surface area contributed by atoms with Gasteiger partial charge in [0.15, 0.2) is 0 Å². The second-order valence-corrected chi connectivity index (χ2v) is 4.75. The Kier molecular flexibility index (Phi) is 3.89. The number of hydrogen-bond acceptors (Lipinski definition) is 2. The number of anilines is 1. The molecule has 0 unspecified atom stereocenters. The van der Waals surface area contributed by atoms with E-state index in [1.165, 1.54) is 6.92 Å². The van der Waals surface area contributed by atoms with Crippen LogP contribution in [0.3, 0.4) is 0 Å². The molecule has 17 heavy (non-hydrogen) atoms. The minimum Gasteiger partial charge on any atom is -0.481 e. The molecule has 92 valence electrons. The fourth-order valence-electron chi connectivity index (χ4n) is 1.55. The molecule has 1 rings (SSSR count). The molecule has 0 fully saturated rings. The molecule has 1 amide bonds. The van der Waals surface area contributed by atoms with E-state index < -0.39 is 11.4 Å². The van der Waals surface area contributed by atoms with Crippen molar-refractivity contribution in [1.82, 2.24) is 0 Å². The first-order chi connectivity index (χ1) is 7.81. The van der Waals surface area contributed by atoms with Gasteiger partial charge in [-0.25, -0.2) is 0 Å². The van der Waals surface area contributed by atoms with Crippen LogP contribution in [0.25, 0.3) is 0 Å². The van der Waals surface area contributed by atoms with Crippen molar-refractivity contribution in [3.05, 3.63) is 29.8 Å². The highest BCUT2D eigenvalue weighted by molar-refractivity contribution is 5.88. The molecule has 0 radical (unpaired) electrons. The molecule has 0 saturated heterocycles. The molecule has 1 aromatic carbocycles. The zero-order chi connectivity index (χ0) is 13.1. The summed E-state index contributed by atoms with van der Waals surface area (Å²) in [5.74, 6) is -0.970. The lowest BCUT2D eigenvalue weighted by Crippen LogP contribution is -2.26. The van der Waals surface area contributed by atoms with Gasteiger partial charge in [0.2, 0.25) is 5.91 Å². The summed E-state index contributed by atoms with van der Waals surface area (Å²) in [5.41, 5.74) is 0.773. The van der Waals surface area contributed by atoms with E-state index in [1.807, 2.05) is 6.07 Å². The Labute approximate surface area is 101 Å².